The summed E-state index contributed by atoms with van der Waals surface area (Å²) in [7, 11) is -3.76. The number of sulfone groups is 1. The second-order valence-electron chi connectivity index (χ2n) is 3.29. The van der Waals surface area contributed by atoms with Gasteiger partial charge in [-0.05, 0) is 24.6 Å². The van der Waals surface area contributed by atoms with Gasteiger partial charge in [-0.25, -0.2) is 8.42 Å². The summed E-state index contributed by atoms with van der Waals surface area (Å²) in [5, 5.41) is 8.78. The molecular weight excluding hydrogens is 212 g/mol. The van der Waals surface area contributed by atoms with Gasteiger partial charge in [0.05, 0.1) is 17.2 Å². The Kier molecular flexibility index (Phi) is 3.18. The van der Waals surface area contributed by atoms with Gasteiger partial charge in [-0.1, -0.05) is 24.3 Å². The second kappa shape index (κ2) is 4.59. The van der Waals surface area contributed by atoms with E-state index in [-0.39, 0.29) is 10.5 Å². The minimum Gasteiger partial charge on any atom is -0.392 e. The molecule has 0 amide bonds. The first-order valence-corrected chi connectivity index (χ1v) is 5.95. The summed E-state index contributed by atoms with van der Waals surface area (Å²) in [4.78, 5) is 0.0766. The molecule has 1 rings (SSSR count). The van der Waals surface area contributed by atoms with Crippen LogP contribution in [0.4, 0.5) is 0 Å². The van der Waals surface area contributed by atoms with Crippen LogP contribution in [0.15, 0.2) is 41.3 Å². The zero-order valence-corrected chi connectivity index (χ0v) is 9.29. The maximum Gasteiger partial charge on any atom is 0.182 e. The fourth-order valence-electron chi connectivity index (χ4n) is 1.05. The van der Waals surface area contributed by atoms with E-state index in [1.165, 1.54) is 12.1 Å². The van der Waals surface area contributed by atoms with Crippen LogP contribution in [-0.2, 0) is 9.84 Å². The molecular formula is C11H14O3S. The van der Waals surface area contributed by atoms with Gasteiger partial charge >= 0.3 is 0 Å². The van der Waals surface area contributed by atoms with Gasteiger partial charge in [0.15, 0.2) is 9.84 Å². The second-order valence-corrected chi connectivity index (χ2v) is 5.09. The molecule has 0 aromatic heterocycles. The van der Waals surface area contributed by atoms with E-state index in [1.807, 2.05) is 6.92 Å². The molecule has 1 N–H and O–H groups in total. The lowest BCUT2D eigenvalue weighted by atomic mass is 10.2. The van der Waals surface area contributed by atoms with Crippen LogP contribution in [0.1, 0.15) is 6.93 Å². The van der Waals surface area contributed by atoms with Crippen LogP contribution in [0.3, 0.4) is 0 Å². The highest BCUT2D eigenvalue weighted by Gasteiger charge is 2.14. The minimum atomic E-state index is -3.76. The maximum atomic E-state index is 11.9. The molecule has 0 saturated heterocycles. The van der Waals surface area contributed by atoms with E-state index in [9.17, 15) is 8.42 Å². The van der Waals surface area contributed by atoms with E-state index >= 15 is 0 Å². The quantitative estimate of drug-likeness (QED) is 0.789. The fourth-order valence-corrected chi connectivity index (χ4v) is 2.22. The summed E-state index contributed by atoms with van der Waals surface area (Å²) in [5.41, 5.74) is -0.595. The summed E-state index contributed by atoms with van der Waals surface area (Å²) in [6.45, 7) is 4.71. The first-order chi connectivity index (χ1) is 7.39. The Morgan fingerprint density at radius 2 is 2.00 bits per heavy atom. The molecule has 82 valence electrons. The molecule has 1 unspecified atom stereocenters. The number of aryl methyl sites for hydroxylation is 1. The fraction of sp³-hybridized carbons (Fsp3) is 0.273. The summed E-state index contributed by atoms with van der Waals surface area (Å²) in [6, 6.07) is 6.25. The van der Waals surface area contributed by atoms with Gasteiger partial charge in [0.2, 0.25) is 0 Å². The maximum absolute atomic E-state index is 11.9. The van der Waals surface area contributed by atoms with Gasteiger partial charge < -0.3 is 5.11 Å². The summed E-state index contributed by atoms with van der Waals surface area (Å²) >= 11 is 0. The van der Waals surface area contributed by atoms with E-state index in [2.05, 4.69) is 6.58 Å². The third-order valence-corrected chi connectivity index (χ3v) is 3.45. The average Bonchev–Trinajstić information content (AvgIpc) is 2.27. The molecule has 3 nitrogen and oxygen atoms in total. The summed E-state index contributed by atoms with van der Waals surface area (Å²) in [5.74, 6) is 0. The van der Waals surface area contributed by atoms with Gasteiger partial charge in [0, 0.05) is 1.37 Å². The highest BCUT2D eigenvalue weighted by atomic mass is 32.2. The normalized spacial score (nSPS) is 14.4. The highest BCUT2D eigenvalue weighted by Crippen LogP contribution is 2.13. The van der Waals surface area contributed by atoms with Crippen molar-refractivity contribution >= 4 is 9.84 Å². The molecule has 0 aliphatic carbocycles. The van der Waals surface area contributed by atoms with E-state index in [0.29, 0.717) is 0 Å². The van der Waals surface area contributed by atoms with E-state index in [0.717, 1.165) is 5.56 Å². The van der Waals surface area contributed by atoms with Crippen LogP contribution < -0.4 is 0 Å². The number of aliphatic hydroxyl groups is 1. The van der Waals surface area contributed by atoms with Crippen molar-refractivity contribution in [3.63, 3.8) is 0 Å². The van der Waals surface area contributed by atoms with Gasteiger partial charge in [0.25, 0.3) is 0 Å². The first kappa shape index (κ1) is 10.4. The smallest absolute Gasteiger partial charge is 0.182 e. The van der Waals surface area contributed by atoms with Crippen LogP contribution in [-0.4, -0.2) is 25.9 Å². The van der Waals surface area contributed by atoms with Gasteiger partial charge in [-0.2, -0.15) is 0 Å². The number of benzene rings is 1. The molecule has 0 saturated carbocycles. The van der Waals surface area contributed by atoms with Crippen molar-refractivity contribution in [2.75, 3.05) is 12.3 Å². The standard InChI is InChI=1S/C11H14O3S/c1-9-3-5-11(6-4-9)15(13,14)8-10(2)7-12/h3-6,12H,2,7-8H2,1H3/i8D. The van der Waals surface area contributed by atoms with Crippen molar-refractivity contribution in [1.82, 2.24) is 0 Å². The molecule has 1 aromatic carbocycles. The molecule has 0 aliphatic heterocycles. The Morgan fingerprint density at radius 3 is 2.47 bits per heavy atom. The SMILES string of the molecule is [2H]C(C(=C)CO)S(=O)(=O)c1ccc(C)cc1. The van der Waals surface area contributed by atoms with Crippen molar-refractivity contribution < 1.29 is 14.9 Å². The summed E-state index contributed by atoms with van der Waals surface area (Å²) in [6.07, 6.45) is 0. The van der Waals surface area contributed by atoms with Gasteiger partial charge in [-0.15, -0.1) is 0 Å². The third-order valence-electron chi connectivity index (χ3n) is 1.87. The molecule has 0 aliphatic rings. The lowest BCUT2D eigenvalue weighted by molar-refractivity contribution is 0.332. The molecule has 0 spiro atoms. The number of aliphatic hydroxyl groups excluding tert-OH is 1. The number of hydrogen-bond donors (Lipinski definition) is 1. The zero-order valence-electron chi connectivity index (χ0n) is 9.47. The summed E-state index contributed by atoms with van der Waals surface area (Å²) < 4.78 is 31.3. The molecule has 15 heavy (non-hydrogen) atoms. The molecule has 0 radical (unpaired) electrons. The number of rotatable bonds is 4. The monoisotopic (exact) mass is 227 g/mol. The predicted molar refractivity (Wildman–Crippen MR) is 59.5 cm³/mol. The van der Waals surface area contributed by atoms with Crippen LogP contribution in [0.25, 0.3) is 0 Å². The molecule has 1 aromatic rings. The molecule has 0 heterocycles. The lowest BCUT2D eigenvalue weighted by Crippen LogP contribution is -2.10. The topological polar surface area (TPSA) is 54.4 Å². The van der Waals surface area contributed by atoms with Crippen LogP contribution in [0, 0.1) is 6.92 Å². The van der Waals surface area contributed by atoms with Crippen LogP contribution in [0.5, 0.6) is 0 Å². The van der Waals surface area contributed by atoms with Crippen molar-refractivity contribution in [3.8, 4) is 0 Å². The lowest BCUT2D eigenvalue weighted by Gasteiger charge is -2.05. The molecule has 0 bridgehead atoms. The van der Waals surface area contributed by atoms with Gasteiger partial charge in [0.1, 0.15) is 0 Å². The Bertz CT molecular complexity index is 476. The number of hydrogen-bond acceptors (Lipinski definition) is 3. The third kappa shape index (κ3) is 3.18. The van der Waals surface area contributed by atoms with Crippen molar-refractivity contribution in [3.05, 3.63) is 42.0 Å². The van der Waals surface area contributed by atoms with E-state index in [1.54, 1.807) is 12.1 Å². The Morgan fingerprint density at radius 1 is 1.47 bits per heavy atom. The minimum absolute atomic E-state index is 0.0272. The molecule has 0 fully saturated rings. The predicted octanol–water partition coefficient (Wildman–Crippen LogP) is 1.32. The average molecular weight is 227 g/mol. The van der Waals surface area contributed by atoms with Gasteiger partial charge in [-0.3, -0.25) is 0 Å². The van der Waals surface area contributed by atoms with Crippen molar-refractivity contribution in [2.24, 2.45) is 0 Å². The molecule has 4 heteroatoms. The first-order valence-electron chi connectivity index (χ1n) is 4.98. The Balaban J connectivity index is 3.12. The van der Waals surface area contributed by atoms with E-state index in [4.69, 9.17) is 6.48 Å². The van der Waals surface area contributed by atoms with E-state index < -0.39 is 22.2 Å². The van der Waals surface area contributed by atoms with Crippen LogP contribution in [0.2, 0.25) is 0 Å². The van der Waals surface area contributed by atoms with Crippen molar-refractivity contribution in [1.29, 1.82) is 0 Å². The largest absolute Gasteiger partial charge is 0.392 e. The van der Waals surface area contributed by atoms with Crippen LogP contribution >= 0.6 is 0 Å². The Labute approximate surface area is 91.4 Å². The Hall–Kier alpha value is -1.13. The highest BCUT2D eigenvalue weighted by molar-refractivity contribution is 7.91. The van der Waals surface area contributed by atoms with Crippen molar-refractivity contribution in [2.45, 2.75) is 11.8 Å². The molecule has 1 atom stereocenters. The zero-order chi connectivity index (χ0) is 12.3.